The van der Waals surface area contributed by atoms with E-state index in [-0.39, 0.29) is 24.0 Å². The summed E-state index contributed by atoms with van der Waals surface area (Å²) in [6.07, 6.45) is 2.69. The highest BCUT2D eigenvalue weighted by Gasteiger charge is 2.28. The molecule has 0 N–H and O–H groups in total. The Morgan fingerprint density at radius 3 is 2.07 bits per heavy atom. The minimum Gasteiger partial charge on any atom is -1.00 e. The summed E-state index contributed by atoms with van der Waals surface area (Å²) in [4.78, 5) is 0. The average molecular weight is 324 g/mol. The highest BCUT2D eigenvalue weighted by atomic mass is 127. The highest BCUT2D eigenvalue weighted by molar-refractivity contribution is 6.30. The molecule has 1 aromatic rings. The molecule has 1 aliphatic rings. The normalized spacial score (nSPS) is 19.0. The van der Waals surface area contributed by atoms with Crippen molar-refractivity contribution in [3.63, 3.8) is 0 Å². The van der Waals surface area contributed by atoms with Gasteiger partial charge in [0, 0.05) is 30.0 Å². The summed E-state index contributed by atoms with van der Waals surface area (Å²) in [5.41, 5.74) is 1.39. The number of hydrogen-bond donors (Lipinski definition) is 0. The van der Waals surface area contributed by atoms with Crippen LogP contribution in [-0.4, -0.2) is 20.1 Å². The summed E-state index contributed by atoms with van der Waals surface area (Å²) >= 11 is 5.86. The van der Waals surface area contributed by atoms with E-state index in [1.54, 1.807) is 0 Å². The smallest absolute Gasteiger partial charge is 0.132 e. The van der Waals surface area contributed by atoms with Crippen LogP contribution >= 0.6 is 11.6 Å². The minimum absolute atomic E-state index is 0. The van der Waals surface area contributed by atoms with Crippen molar-refractivity contribution in [1.29, 1.82) is 0 Å². The Labute approximate surface area is 108 Å². The molecule has 0 atom stereocenters. The van der Waals surface area contributed by atoms with E-state index in [0.717, 1.165) is 9.51 Å². The fraction of sp³-hybridized carbons (Fsp3) is 0.455. The average Bonchev–Trinajstić information content (AvgIpc) is 2.54. The number of rotatable bonds is 1. The van der Waals surface area contributed by atoms with Crippen molar-refractivity contribution < 1.29 is 24.0 Å². The van der Waals surface area contributed by atoms with Crippen LogP contribution in [0.2, 0.25) is 5.02 Å². The van der Waals surface area contributed by atoms with Crippen molar-refractivity contribution in [2.75, 3.05) is 20.1 Å². The molecule has 78 valence electrons. The molecule has 0 aromatic heterocycles. The van der Waals surface area contributed by atoms with Crippen LogP contribution < -0.4 is 28.5 Å². The fourth-order valence-corrected chi connectivity index (χ4v) is 2.22. The summed E-state index contributed by atoms with van der Waals surface area (Å²) in [6.45, 7) is 2.53. The summed E-state index contributed by atoms with van der Waals surface area (Å²) in [7, 11) is 2.30. The molecule has 1 aliphatic heterocycles. The van der Waals surface area contributed by atoms with Gasteiger partial charge in [0.2, 0.25) is 0 Å². The van der Waals surface area contributed by atoms with Gasteiger partial charge in [-0.05, 0) is 12.1 Å². The van der Waals surface area contributed by atoms with Crippen molar-refractivity contribution in [3.8, 4) is 0 Å². The Morgan fingerprint density at radius 1 is 1.07 bits per heavy atom. The van der Waals surface area contributed by atoms with Gasteiger partial charge >= 0.3 is 0 Å². The zero-order valence-electron chi connectivity index (χ0n) is 8.34. The lowest BCUT2D eigenvalue weighted by Gasteiger charge is -2.28. The summed E-state index contributed by atoms with van der Waals surface area (Å²) in [6, 6.07) is 8.26. The number of quaternary nitrogens is 1. The standard InChI is InChI=1S/C11H15ClN.HI/c1-13(8-2-3-9-13)11-6-4-10(12)5-7-11;/h4-7H,2-3,8-9H2,1H3;1H/q+1;/p-1. The molecular formula is C11H15ClIN. The first-order valence-corrected chi connectivity index (χ1v) is 5.19. The maximum Gasteiger partial charge on any atom is 0.132 e. The van der Waals surface area contributed by atoms with E-state index in [1.165, 1.54) is 31.6 Å². The van der Waals surface area contributed by atoms with Crippen LogP contribution in [0, 0.1) is 0 Å². The van der Waals surface area contributed by atoms with Gasteiger partial charge in [0.1, 0.15) is 5.69 Å². The van der Waals surface area contributed by atoms with Gasteiger partial charge in [0.15, 0.2) is 0 Å². The molecule has 0 spiro atoms. The molecule has 3 heteroatoms. The van der Waals surface area contributed by atoms with Crippen molar-refractivity contribution in [3.05, 3.63) is 29.3 Å². The van der Waals surface area contributed by atoms with Gasteiger partial charge in [-0.2, -0.15) is 0 Å². The molecule has 0 aliphatic carbocycles. The second kappa shape index (κ2) is 4.81. The van der Waals surface area contributed by atoms with Crippen LogP contribution in [0.5, 0.6) is 0 Å². The Morgan fingerprint density at radius 2 is 1.57 bits per heavy atom. The minimum atomic E-state index is 0. The number of nitrogens with zero attached hydrogens (tertiary/aromatic N) is 1. The molecule has 0 bridgehead atoms. The molecule has 14 heavy (non-hydrogen) atoms. The molecule has 0 unspecified atom stereocenters. The highest BCUT2D eigenvalue weighted by Crippen LogP contribution is 2.27. The maximum atomic E-state index is 5.86. The van der Waals surface area contributed by atoms with E-state index in [2.05, 4.69) is 19.2 Å². The van der Waals surface area contributed by atoms with E-state index >= 15 is 0 Å². The van der Waals surface area contributed by atoms with E-state index < -0.39 is 0 Å². The summed E-state index contributed by atoms with van der Waals surface area (Å²) in [5, 5.41) is 0.828. The van der Waals surface area contributed by atoms with Gasteiger partial charge < -0.3 is 24.0 Å². The van der Waals surface area contributed by atoms with Crippen molar-refractivity contribution in [1.82, 2.24) is 4.48 Å². The van der Waals surface area contributed by atoms with Crippen LogP contribution in [0.3, 0.4) is 0 Å². The zero-order chi connectivity index (χ0) is 9.31. The molecule has 0 saturated carbocycles. The number of halogens is 2. The van der Waals surface area contributed by atoms with Crippen LogP contribution in [0.25, 0.3) is 0 Å². The lowest BCUT2D eigenvalue weighted by molar-refractivity contribution is -0.00000265. The molecule has 0 radical (unpaired) electrons. The van der Waals surface area contributed by atoms with E-state index in [4.69, 9.17) is 11.6 Å². The molecule has 1 fully saturated rings. The van der Waals surface area contributed by atoms with Crippen molar-refractivity contribution in [2.45, 2.75) is 12.8 Å². The van der Waals surface area contributed by atoms with Gasteiger partial charge in [-0.15, -0.1) is 0 Å². The monoisotopic (exact) mass is 323 g/mol. The van der Waals surface area contributed by atoms with Crippen LogP contribution in [0.4, 0.5) is 5.69 Å². The Hall–Kier alpha value is 0.200. The molecule has 1 heterocycles. The van der Waals surface area contributed by atoms with Crippen LogP contribution in [-0.2, 0) is 0 Å². The number of hydrogen-bond acceptors (Lipinski definition) is 0. The van der Waals surface area contributed by atoms with Crippen LogP contribution in [0.15, 0.2) is 24.3 Å². The summed E-state index contributed by atoms with van der Waals surface area (Å²) in [5.74, 6) is 0. The van der Waals surface area contributed by atoms with Gasteiger partial charge in [-0.25, -0.2) is 0 Å². The molecule has 0 amide bonds. The lowest BCUT2D eigenvalue weighted by atomic mass is 10.2. The molecule has 1 aromatic carbocycles. The molecular weight excluding hydrogens is 308 g/mol. The first kappa shape index (κ1) is 12.3. The Kier molecular flexibility index (Phi) is 4.22. The van der Waals surface area contributed by atoms with Gasteiger partial charge in [-0.1, -0.05) is 11.6 Å². The third-order valence-electron chi connectivity index (χ3n) is 3.00. The molecule has 1 nitrogen and oxygen atoms in total. The molecule has 2 rings (SSSR count). The quantitative estimate of drug-likeness (QED) is 0.507. The number of benzene rings is 1. The molecule has 1 saturated heterocycles. The largest absolute Gasteiger partial charge is 1.00 e. The van der Waals surface area contributed by atoms with Gasteiger partial charge in [0.05, 0.1) is 20.1 Å². The first-order valence-electron chi connectivity index (χ1n) is 4.81. The van der Waals surface area contributed by atoms with Crippen molar-refractivity contribution >= 4 is 17.3 Å². The SMILES string of the molecule is C[N+]1(c2ccc(Cl)cc2)CCCC1.[I-]. The fourth-order valence-electron chi connectivity index (χ4n) is 2.09. The Bertz CT molecular complexity index is 291. The van der Waals surface area contributed by atoms with Crippen LogP contribution in [0.1, 0.15) is 12.8 Å². The zero-order valence-corrected chi connectivity index (χ0v) is 11.3. The predicted octanol–water partition coefficient (Wildman–Crippen LogP) is 0.0749. The number of likely N-dealkylation sites (tertiary alicyclic amines) is 1. The lowest BCUT2D eigenvalue weighted by Crippen LogP contribution is -3.00. The van der Waals surface area contributed by atoms with Gasteiger partial charge in [0.25, 0.3) is 0 Å². The second-order valence-corrected chi connectivity index (χ2v) is 4.46. The first-order chi connectivity index (χ1) is 6.21. The Balaban J connectivity index is 0.000000980. The third kappa shape index (κ3) is 2.41. The second-order valence-electron chi connectivity index (χ2n) is 4.03. The van der Waals surface area contributed by atoms with E-state index in [9.17, 15) is 0 Å². The maximum absolute atomic E-state index is 5.86. The topological polar surface area (TPSA) is 0 Å². The third-order valence-corrected chi connectivity index (χ3v) is 3.26. The van der Waals surface area contributed by atoms with Gasteiger partial charge in [-0.3, -0.25) is 4.48 Å². The van der Waals surface area contributed by atoms with E-state index in [1.807, 2.05) is 12.1 Å². The predicted molar refractivity (Wildman–Crippen MR) is 58.1 cm³/mol. The summed E-state index contributed by atoms with van der Waals surface area (Å²) < 4.78 is 1.08. The van der Waals surface area contributed by atoms with Crippen molar-refractivity contribution in [2.24, 2.45) is 0 Å². The van der Waals surface area contributed by atoms with E-state index in [0.29, 0.717) is 0 Å².